The Morgan fingerprint density at radius 2 is 1.79 bits per heavy atom. The van der Waals surface area contributed by atoms with E-state index in [1.807, 2.05) is 7.05 Å². The Labute approximate surface area is 87.1 Å². The Morgan fingerprint density at radius 3 is 2.07 bits per heavy atom. The first-order valence-electron chi connectivity index (χ1n) is 5.29. The van der Waals surface area contributed by atoms with E-state index in [1.165, 1.54) is 0 Å². The summed E-state index contributed by atoms with van der Waals surface area (Å²) in [6.07, 6.45) is 1.86. The van der Waals surface area contributed by atoms with Crippen LogP contribution in [0.25, 0.3) is 0 Å². The van der Waals surface area contributed by atoms with E-state index < -0.39 is 0 Å². The maximum Gasteiger partial charge on any atom is 0.108 e. The summed E-state index contributed by atoms with van der Waals surface area (Å²) in [6.45, 7) is 8.71. The van der Waals surface area contributed by atoms with Crippen LogP contribution in [-0.2, 0) is 0 Å². The van der Waals surface area contributed by atoms with Crippen molar-refractivity contribution in [3.63, 3.8) is 0 Å². The highest BCUT2D eigenvalue weighted by Gasteiger charge is 2.36. The minimum absolute atomic E-state index is 0.232. The normalized spacial score (nSPS) is 23.1. The molecule has 0 bridgehead atoms. The molecule has 0 aliphatic carbocycles. The second-order valence-electron chi connectivity index (χ2n) is 5.10. The molecule has 1 rings (SSSR count). The zero-order valence-corrected chi connectivity index (χ0v) is 9.72. The van der Waals surface area contributed by atoms with Gasteiger partial charge in [0.2, 0.25) is 0 Å². The Hall–Kier alpha value is -0.590. The molecule has 1 aliphatic heterocycles. The van der Waals surface area contributed by atoms with Crippen molar-refractivity contribution < 1.29 is 0 Å². The molecule has 1 saturated heterocycles. The van der Waals surface area contributed by atoms with Crippen molar-refractivity contribution in [2.45, 2.75) is 44.7 Å². The molecule has 3 heteroatoms. The van der Waals surface area contributed by atoms with Gasteiger partial charge in [0.25, 0.3) is 0 Å². The molecule has 0 saturated carbocycles. The molecule has 0 aromatic rings. The molecular weight excluding hydrogens is 174 g/mol. The molecule has 80 valence electrons. The SMILES string of the molecule is CNC1(C#N)CCN(C(C)(C)C)CC1. The fourth-order valence-corrected chi connectivity index (χ4v) is 1.98. The van der Waals surface area contributed by atoms with E-state index in [4.69, 9.17) is 5.26 Å². The highest BCUT2D eigenvalue weighted by Crippen LogP contribution is 2.25. The molecule has 1 fully saturated rings. The molecule has 0 aromatic heterocycles. The maximum atomic E-state index is 9.10. The third-order valence-corrected chi connectivity index (χ3v) is 3.26. The molecule has 3 nitrogen and oxygen atoms in total. The monoisotopic (exact) mass is 195 g/mol. The van der Waals surface area contributed by atoms with Crippen LogP contribution < -0.4 is 5.32 Å². The lowest BCUT2D eigenvalue weighted by molar-refractivity contribution is 0.0825. The second-order valence-corrected chi connectivity index (χ2v) is 5.10. The highest BCUT2D eigenvalue weighted by atomic mass is 15.2. The number of nitriles is 1. The van der Waals surface area contributed by atoms with Gasteiger partial charge in [-0.3, -0.25) is 4.90 Å². The highest BCUT2D eigenvalue weighted by molar-refractivity contribution is 5.09. The molecule has 1 aliphatic rings. The van der Waals surface area contributed by atoms with E-state index in [0.717, 1.165) is 25.9 Å². The molecular formula is C11H21N3. The van der Waals surface area contributed by atoms with Gasteiger partial charge in [-0.2, -0.15) is 5.26 Å². The Morgan fingerprint density at radius 1 is 1.29 bits per heavy atom. The topological polar surface area (TPSA) is 39.1 Å². The van der Waals surface area contributed by atoms with Gasteiger partial charge in [-0.05, 0) is 40.7 Å². The second kappa shape index (κ2) is 3.88. The van der Waals surface area contributed by atoms with Crippen molar-refractivity contribution in [2.24, 2.45) is 0 Å². The summed E-state index contributed by atoms with van der Waals surface area (Å²) in [5.74, 6) is 0. The quantitative estimate of drug-likeness (QED) is 0.686. The zero-order chi connectivity index (χ0) is 10.8. The lowest BCUT2D eigenvalue weighted by Crippen LogP contribution is -2.55. The van der Waals surface area contributed by atoms with E-state index in [-0.39, 0.29) is 11.1 Å². The van der Waals surface area contributed by atoms with Gasteiger partial charge in [-0.1, -0.05) is 0 Å². The molecule has 0 radical (unpaired) electrons. The van der Waals surface area contributed by atoms with Gasteiger partial charge in [-0.15, -0.1) is 0 Å². The van der Waals surface area contributed by atoms with Crippen LogP contribution in [0.5, 0.6) is 0 Å². The first kappa shape index (κ1) is 11.5. The van der Waals surface area contributed by atoms with Crippen molar-refractivity contribution in [2.75, 3.05) is 20.1 Å². The number of nitrogens with one attached hydrogen (secondary N) is 1. The van der Waals surface area contributed by atoms with Gasteiger partial charge in [0.15, 0.2) is 0 Å². The van der Waals surface area contributed by atoms with E-state index in [2.05, 4.69) is 37.1 Å². The van der Waals surface area contributed by atoms with Gasteiger partial charge in [0.1, 0.15) is 5.54 Å². The van der Waals surface area contributed by atoms with Gasteiger partial charge >= 0.3 is 0 Å². The smallest absolute Gasteiger partial charge is 0.108 e. The third kappa shape index (κ3) is 2.26. The fourth-order valence-electron chi connectivity index (χ4n) is 1.98. The molecule has 1 heterocycles. The number of hydrogen-bond donors (Lipinski definition) is 1. The molecule has 0 unspecified atom stereocenters. The van der Waals surface area contributed by atoms with Gasteiger partial charge in [0, 0.05) is 18.6 Å². The first-order valence-corrected chi connectivity index (χ1v) is 5.29. The average molecular weight is 195 g/mol. The number of nitrogens with zero attached hydrogens (tertiary/aromatic N) is 2. The average Bonchev–Trinajstić information content (AvgIpc) is 2.16. The van der Waals surface area contributed by atoms with Crippen LogP contribution in [0.2, 0.25) is 0 Å². The van der Waals surface area contributed by atoms with Crippen LogP contribution in [0.4, 0.5) is 0 Å². The van der Waals surface area contributed by atoms with Gasteiger partial charge in [-0.25, -0.2) is 0 Å². The minimum Gasteiger partial charge on any atom is -0.302 e. The lowest BCUT2D eigenvalue weighted by atomic mass is 9.87. The van der Waals surface area contributed by atoms with Crippen LogP contribution >= 0.6 is 0 Å². The van der Waals surface area contributed by atoms with Gasteiger partial charge in [0.05, 0.1) is 6.07 Å². The molecule has 14 heavy (non-hydrogen) atoms. The zero-order valence-electron chi connectivity index (χ0n) is 9.72. The summed E-state index contributed by atoms with van der Waals surface area (Å²) in [4.78, 5) is 2.44. The van der Waals surface area contributed by atoms with Crippen molar-refractivity contribution in [1.29, 1.82) is 5.26 Å². The van der Waals surface area contributed by atoms with Crippen LogP contribution in [-0.4, -0.2) is 36.1 Å². The number of likely N-dealkylation sites (tertiary alicyclic amines) is 1. The van der Waals surface area contributed by atoms with Crippen LogP contribution in [0.1, 0.15) is 33.6 Å². The summed E-state index contributed by atoms with van der Waals surface area (Å²) in [7, 11) is 1.88. The van der Waals surface area contributed by atoms with Crippen molar-refractivity contribution in [3.8, 4) is 6.07 Å². The largest absolute Gasteiger partial charge is 0.302 e. The van der Waals surface area contributed by atoms with Crippen molar-refractivity contribution in [1.82, 2.24) is 10.2 Å². The van der Waals surface area contributed by atoms with E-state index >= 15 is 0 Å². The minimum atomic E-state index is -0.276. The summed E-state index contributed by atoms with van der Waals surface area (Å²) in [6, 6.07) is 2.40. The number of hydrogen-bond acceptors (Lipinski definition) is 3. The van der Waals surface area contributed by atoms with Crippen molar-refractivity contribution >= 4 is 0 Å². The molecule has 0 aromatic carbocycles. The first-order chi connectivity index (χ1) is 6.43. The van der Waals surface area contributed by atoms with E-state index in [9.17, 15) is 0 Å². The maximum absolute atomic E-state index is 9.10. The van der Waals surface area contributed by atoms with Crippen LogP contribution in [0.3, 0.4) is 0 Å². The Kier molecular flexibility index (Phi) is 3.18. The predicted octanol–water partition coefficient (Wildman–Crippen LogP) is 1.36. The van der Waals surface area contributed by atoms with E-state index in [0.29, 0.717) is 0 Å². The molecule has 0 atom stereocenters. The Bertz CT molecular complexity index is 226. The fraction of sp³-hybridized carbons (Fsp3) is 0.909. The Balaban J connectivity index is 2.59. The third-order valence-electron chi connectivity index (χ3n) is 3.26. The molecule has 0 amide bonds. The van der Waals surface area contributed by atoms with Crippen LogP contribution in [0, 0.1) is 11.3 Å². The predicted molar refractivity (Wildman–Crippen MR) is 58.0 cm³/mol. The van der Waals surface area contributed by atoms with E-state index in [1.54, 1.807) is 0 Å². The summed E-state index contributed by atoms with van der Waals surface area (Å²) < 4.78 is 0. The number of piperidine rings is 1. The number of rotatable bonds is 1. The summed E-state index contributed by atoms with van der Waals surface area (Å²) in [5, 5.41) is 12.3. The molecule has 0 spiro atoms. The summed E-state index contributed by atoms with van der Waals surface area (Å²) in [5.41, 5.74) is -0.0445. The molecule has 1 N–H and O–H groups in total. The summed E-state index contributed by atoms with van der Waals surface area (Å²) >= 11 is 0. The van der Waals surface area contributed by atoms with Gasteiger partial charge < -0.3 is 5.32 Å². The van der Waals surface area contributed by atoms with Crippen LogP contribution in [0.15, 0.2) is 0 Å². The standard InChI is InChI=1S/C11H21N3/c1-10(2,3)14-7-5-11(9-12,13-4)6-8-14/h13H,5-8H2,1-4H3. The van der Waals surface area contributed by atoms with Crippen molar-refractivity contribution in [3.05, 3.63) is 0 Å². The lowest BCUT2D eigenvalue weighted by Gasteiger charge is -2.43.